The highest BCUT2D eigenvalue weighted by atomic mass is 19.4. The van der Waals surface area contributed by atoms with E-state index in [9.17, 15) is 27.2 Å². The number of hydrogen-bond acceptors (Lipinski definition) is 5. The minimum Gasteiger partial charge on any atom is -0.496 e. The second-order valence-corrected chi connectivity index (χ2v) is 7.63. The Kier molecular flexibility index (Phi) is 6.14. The van der Waals surface area contributed by atoms with Crippen molar-refractivity contribution in [3.63, 3.8) is 0 Å². The molecule has 2 heterocycles. The van der Waals surface area contributed by atoms with Crippen LogP contribution in [0.2, 0.25) is 0 Å². The molecule has 1 aromatic heterocycles. The average Bonchev–Trinajstić information content (AvgIpc) is 3.00. The maximum absolute atomic E-state index is 13.9. The van der Waals surface area contributed by atoms with E-state index in [-0.39, 0.29) is 22.7 Å². The molecule has 11 heteroatoms. The number of hydrogen-bond donors (Lipinski definition) is 2. The van der Waals surface area contributed by atoms with Gasteiger partial charge in [0, 0.05) is 35.3 Å². The largest absolute Gasteiger partial charge is 0.496 e. The molecular weight excluding hydrogens is 434 g/mol. The number of rotatable bonds is 5. The number of nitrogens with zero attached hydrogens (tertiary/aromatic N) is 1. The summed E-state index contributed by atoms with van der Waals surface area (Å²) in [5.74, 6) is -4.72. The average molecular weight is 455 g/mol. The number of alkyl halides is 3. The van der Waals surface area contributed by atoms with Crippen molar-refractivity contribution in [1.29, 1.82) is 0 Å². The van der Waals surface area contributed by atoms with Crippen LogP contribution in [0.4, 0.5) is 23.2 Å². The van der Waals surface area contributed by atoms with Crippen molar-refractivity contribution in [3.8, 4) is 5.75 Å². The first-order valence-electron chi connectivity index (χ1n) is 9.53. The predicted molar refractivity (Wildman–Crippen MR) is 106 cm³/mol. The molecule has 2 aromatic rings. The fourth-order valence-electron chi connectivity index (χ4n) is 3.84. The van der Waals surface area contributed by atoms with Crippen LogP contribution in [0.3, 0.4) is 0 Å². The first-order valence-corrected chi connectivity index (χ1v) is 9.53. The zero-order valence-electron chi connectivity index (χ0n) is 17.4. The molecule has 1 saturated heterocycles. The number of primary amides is 1. The Morgan fingerprint density at radius 3 is 2.53 bits per heavy atom. The molecule has 172 valence electrons. The van der Waals surface area contributed by atoms with Gasteiger partial charge in [-0.2, -0.15) is 13.2 Å². The van der Waals surface area contributed by atoms with Crippen molar-refractivity contribution in [2.24, 2.45) is 11.7 Å². The van der Waals surface area contributed by atoms with Crippen molar-refractivity contribution < 1.29 is 36.6 Å². The minimum atomic E-state index is -4.79. The molecule has 2 amide bonds. The number of amides is 2. The third-order valence-corrected chi connectivity index (χ3v) is 5.76. The fraction of sp³-hybridized carbons (Fsp3) is 0.381. The van der Waals surface area contributed by atoms with Gasteiger partial charge < -0.3 is 20.5 Å². The lowest BCUT2D eigenvalue weighted by molar-refractivity contribution is -0.272. The predicted octanol–water partition coefficient (Wildman–Crippen LogP) is 3.41. The summed E-state index contributed by atoms with van der Waals surface area (Å²) in [5, 5.41) is 2.44. The second-order valence-electron chi connectivity index (χ2n) is 7.63. The van der Waals surface area contributed by atoms with Crippen LogP contribution in [0, 0.1) is 11.7 Å². The summed E-state index contributed by atoms with van der Waals surface area (Å²) in [7, 11) is 1.25. The Labute approximate surface area is 180 Å². The van der Waals surface area contributed by atoms with E-state index in [4.69, 9.17) is 15.2 Å². The molecule has 1 aliphatic rings. The summed E-state index contributed by atoms with van der Waals surface area (Å²) in [6.07, 6.45) is -5.17. The lowest BCUT2D eigenvalue weighted by atomic mass is 9.77. The summed E-state index contributed by atoms with van der Waals surface area (Å²) < 4.78 is 66.0. The molecule has 0 aliphatic carbocycles. The number of carbonyl (C=O) groups excluding carboxylic acids is 2. The number of halogens is 4. The second kappa shape index (κ2) is 8.38. The van der Waals surface area contributed by atoms with E-state index in [1.807, 2.05) is 0 Å². The molecule has 3 N–H and O–H groups in total. The monoisotopic (exact) mass is 455 g/mol. The number of pyridine rings is 1. The van der Waals surface area contributed by atoms with Crippen molar-refractivity contribution in [2.75, 3.05) is 12.4 Å². The van der Waals surface area contributed by atoms with Crippen LogP contribution in [0.5, 0.6) is 5.75 Å². The quantitative estimate of drug-likeness (QED) is 0.673. The highest BCUT2D eigenvalue weighted by Gasteiger charge is 2.65. The van der Waals surface area contributed by atoms with E-state index < -0.39 is 47.3 Å². The summed E-state index contributed by atoms with van der Waals surface area (Å²) in [4.78, 5) is 28.1. The molecule has 4 atom stereocenters. The van der Waals surface area contributed by atoms with Gasteiger partial charge in [0.2, 0.25) is 0 Å². The maximum atomic E-state index is 13.9. The molecule has 0 spiro atoms. The summed E-state index contributed by atoms with van der Waals surface area (Å²) in [5.41, 5.74) is 2.67. The number of ether oxygens (including phenoxy) is 2. The molecular formula is C21H21F4N3O4. The first kappa shape index (κ1) is 23.5. The SMILES string of the molecule is COc1cc(F)ccc1[C@H]1C(C(=O)Nc2ccnc(C(N)=O)c2)O[C@@](C)(C(F)(F)F)[C@H]1C. The molecule has 32 heavy (non-hydrogen) atoms. The van der Waals surface area contributed by atoms with Gasteiger partial charge in [-0.05, 0) is 25.1 Å². The minimum absolute atomic E-state index is 0.00500. The molecule has 7 nitrogen and oxygen atoms in total. The van der Waals surface area contributed by atoms with E-state index in [1.165, 1.54) is 38.4 Å². The molecule has 0 bridgehead atoms. The van der Waals surface area contributed by atoms with Crippen LogP contribution < -0.4 is 15.8 Å². The van der Waals surface area contributed by atoms with E-state index in [2.05, 4.69) is 10.3 Å². The smallest absolute Gasteiger partial charge is 0.417 e. The Morgan fingerprint density at radius 2 is 1.94 bits per heavy atom. The lowest BCUT2D eigenvalue weighted by Crippen LogP contribution is -2.47. The van der Waals surface area contributed by atoms with Gasteiger partial charge in [-0.25, -0.2) is 4.39 Å². The topological polar surface area (TPSA) is 104 Å². The van der Waals surface area contributed by atoms with Crippen molar-refractivity contribution >= 4 is 17.5 Å². The summed E-state index contributed by atoms with van der Waals surface area (Å²) in [6.45, 7) is 2.18. The van der Waals surface area contributed by atoms with E-state index >= 15 is 0 Å². The number of methoxy groups -OCH3 is 1. The van der Waals surface area contributed by atoms with Gasteiger partial charge in [0.1, 0.15) is 23.4 Å². The first-order chi connectivity index (χ1) is 14.9. The molecule has 3 rings (SSSR count). The number of nitrogens with one attached hydrogen (secondary N) is 1. The third kappa shape index (κ3) is 4.12. The Hall–Kier alpha value is -3.21. The van der Waals surface area contributed by atoms with Crippen molar-refractivity contribution in [1.82, 2.24) is 4.98 Å². The van der Waals surface area contributed by atoms with Gasteiger partial charge in [-0.15, -0.1) is 0 Å². The standard InChI is InChI=1S/C21H21F4N3O4/c1-10-16(13-5-4-11(22)8-15(13)31-3)17(32-20(10,2)21(23,24)25)19(30)28-12-6-7-27-14(9-12)18(26)29/h4-10,16-17H,1-3H3,(H2,26,29)(H,27,28,30)/t10-,16-,17?,20+/m0/s1. The van der Waals surface area contributed by atoms with Crippen LogP contribution in [0.1, 0.15) is 35.8 Å². The highest BCUT2D eigenvalue weighted by Crippen LogP contribution is 2.54. The number of benzene rings is 1. The molecule has 1 fully saturated rings. The van der Waals surface area contributed by atoms with Gasteiger partial charge in [-0.3, -0.25) is 14.6 Å². The maximum Gasteiger partial charge on any atom is 0.417 e. The van der Waals surface area contributed by atoms with Crippen LogP contribution in [-0.2, 0) is 9.53 Å². The molecule has 0 saturated carbocycles. The Bertz CT molecular complexity index is 1050. The lowest BCUT2D eigenvalue weighted by Gasteiger charge is -2.32. The van der Waals surface area contributed by atoms with Gasteiger partial charge in [0.25, 0.3) is 11.8 Å². The highest BCUT2D eigenvalue weighted by molar-refractivity contribution is 5.97. The molecule has 1 aromatic carbocycles. The van der Waals surface area contributed by atoms with Gasteiger partial charge in [0.05, 0.1) is 7.11 Å². The van der Waals surface area contributed by atoms with E-state index in [0.717, 1.165) is 19.1 Å². The number of aromatic nitrogens is 1. The molecule has 1 unspecified atom stereocenters. The van der Waals surface area contributed by atoms with Gasteiger partial charge in [-0.1, -0.05) is 13.0 Å². The number of nitrogens with two attached hydrogens (primary N) is 1. The van der Waals surface area contributed by atoms with E-state index in [1.54, 1.807) is 0 Å². The normalized spacial score (nSPS) is 25.4. The van der Waals surface area contributed by atoms with Gasteiger partial charge >= 0.3 is 6.18 Å². The zero-order valence-corrected chi connectivity index (χ0v) is 17.4. The van der Waals surface area contributed by atoms with Gasteiger partial charge in [0.15, 0.2) is 5.60 Å². The Balaban J connectivity index is 2.04. The number of carbonyl (C=O) groups is 2. The molecule has 1 aliphatic heterocycles. The van der Waals surface area contributed by atoms with Crippen LogP contribution >= 0.6 is 0 Å². The third-order valence-electron chi connectivity index (χ3n) is 5.76. The molecule has 0 radical (unpaired) electrons. The van der Waals surface area contributed by atoms with Crippen molar-refractivity contribution in [3.05, 3.63) is 53.6 Å². The number of anilines is 1. The Morgan fingerprint density at radius 1 is 1.25 bits per heavy atom. The summed E-state index contributed by atoms with van der Waals surface area (Å²) >= 11 is 0. The van der Waals surface area contributed by atoms with Crippen molar-refractivity contribution in [2.45, 2.75) is 37.6 Å². The van der Waals surface area contributed by atoms with Crippen LogP contribution in [-0.4, -0.2) is 41.8 Å². The fourth-order valence-corrected chi connectivity index (χ4v) is 3.84. The van der Waals surface area contributed by atoms with E-state index in [0.29, 0.717) is 0 Å². The van der Waals surface area contributed by atoms with Crippen LogP contribution in [0.15, 0.2) is 36.5 Å². The van der Waals surface area contributed by atoms with Crippen LogP contribution in [0.25, 0.3) is 0 Å². The summed E-state index contributed by atoms with van der Waals surface area (Å²) in [6, 6.07) is 5.92. The zero-order chi connectivity index (χ0) is 23.8.